The Kier molecular flexibility index (Phi) is 8.98. The van der Waals surface area contributed by atoms with Crippen LogP contribution >= 0.6 is 11.3 Å². The molecule has 4 N–H and O–H groups in total. The largest absolute Gasteiger partial charge is 0.481 e. The maximum atomic E-state index is 13.1. The van der Waals surface area contributed by atoms with Crippen molar-refractivity contribution in [1.82, 2.24) is 15.2 Å². The summed E-state index contributed by atoms with van der Waals surface area (Å²) in [6.07, 6.45) is -0.746. The number of carbonyl (C=O) groups is 3. The van der Waals surface area contributed by atoms with E-state index in [0.717, 1.165) is 48.7 Å². The molecule has 1 amide bonds. The van der Waals surface area contributed by atoms with Crippen molar-refractivity contribution in [3.63, 3.8) is 0 Å². The van der Waals surface area contributed by atoms with Crippen LogP contribution in [0.5, 0.6) is 0 Å². The molecule has 2 aromatic rings. The average molecular weight is 524 g/mol. The molecule has 1 aromatic carbocycles. The van der Waals surface area contributed by atoms with Gasteiger partial charge in [0.05, 0.1) is 17.7 Å². The van der Waals surface area contributed by atoms with Crippen molar-refractivity contribution in [3.8, 4) is 10.6 Å². The predicted octanol–water partition coefficient (Wildman–Crippen LogP) is 2.91. The van der Waals surface area contributed by atoms with E-state index in [4.69, 9.17) is 20.1 Å². The van der Waals surface area contributed by atoms with Gasteiger partial charge in [-0.15, -0.1) is 11.3 Å². The maximum Gasteiger partial charge on any atom is 0.408 e. The Bertz CT molecular complexity index is 1070. The number of piperidine rings is 3. The number of hydrogen-bond donors (Lipinski definition) is 4. The molecular weight excluding hydrogens is 493 g/mol. The first-order valence-electron chi connectivity index (χ1n) is 11.5. The number of amides is 1. The zero-order valence-electron chi connectivity index (χ0n) is 20.0. The molecule has 3 aliphatic rings. The molecule has 3 aliphatic heterocycles. The molecule has 0 radical (unpaired) electrons. The lowest BCUT2D eigenvalue weighted by Gasteiger charge is -2.44. The number of aromatic nitrogens is 1. The van der Waals surface area contributed by atoms with E-state index in [1.165, 1.54) is 23.5 Å². The number of halogens is 1. The summed E-state index contributed by atoms with van der Waals surface area (Å²) in [5.41, 5.74) is 0.968. The third-order valence-electron chi connectivity index (χ3n) is 6.16. The Morgan fingerprint density at radius 1 is 1.22 bits per heavy atom. The van der Waals surface area contributed by atoms with Gasteiger partial charge in [-0.3, -0.25) is 9.69 Å². The van der Waals surface area contributed by atoms with E-state index in [2.05, 4.69) is 15.2 Å². The summed E-state index contributed by atoms with van der Waals surface area (Å²) in [6.45, 7) is 6.89. The topological polar surface area (TPSA) is 149 Å². The van der Waals surface area contributed by atoms with Crippen LogP contribution in [0.25, 0.3) is 10.6 Å². The Morgan fingerprint density at radius 2 is 1.86 bits per heavy atom. The summed E-state index contributed by atoms with van der Waals surface area (Å²) in [5, 5.41) is 29.8. The number of nitrogens with one attached hydrogen (secondary N) is 1. The highest BCUT2D eigenvalue weighted by molar-refractivity contribution is 7.13. The molecule has 0 unspecified atom stereocenters. The quantitative estimate of drug-likeness (QED) is 0.430. The number of carboxylic acids is 2. The van der Waals surface area contributed by atoms with Gasteiger partial charge in [-0.05, 0) is 70.0 Å². The van der Waals surface area contributed by atoms with Crippen molar-refractivity contribution in [2.45, 2.75) is 50.9 Å². The fraction of sp³-hybridized carbons (Fsp3) is 0.500. The first-order valence-corrected chi connectivity index (χ1v) is 12.4. The Morgan fingerprint density at radius 3 is 2.36 bits per heavy atom. The Hall–Kier alpha value is -3.09. The number of hydrogen-bond acceptors (Lipinski definition) is 8. The van der Waals surface area contributed by atoms with Gasteiger partial charge >= 0.3 is 18.0 Å². The average Bonchev–Trinajstić information content (AvgIpc) is 3.31. The lowest BCUT2D eigenvalue weighted by Crippen LogP contribution is -2.53. The minimum atomic E-state index is -1.79. The van der Waals surface area contributed by atoms with Crippen molar-refractivity contribution in [2.24, 2.45) is 5.92 Å². The normalized spacial score (nSPS) is 21.6. The van der Waals surface area contributed by atoms with Gasteiger partial charge in [-0.1, -0.05) is 0 Å². The predicted molar refractivity (Wildman–Crippen MR) is 129 cm³/mol. The van der Waals surface area contributed by atoms with E-state index >= 15 is 0 Å². The zero-order valence-corrected chi connectivity index (χ0v) is 20.8. The zero-order chi connectivity index (χ0) is 26.5. The van der Waals surface area contributed by atoms with Crippen molar-refractivity contribution >= 4 is 29.4 Å². The lowest BCUT2D eigenvalue weighted by molar-refractivity contribution is -0.152. The molecule has 4 heterocycles. The fourth-order valence-corrected chi connectivity index (χ4v) is 5.06. The van der Waals surface area contributed by atoms with E-state index in [1.54, 1.807) is 12.1 Å². The molecule has 0 aliphatic carbocycles. The lowest BCUT2D eigenvalue weighted by atomic mass is 9.86. The smallest absolute Gasteiger partial charge is 0.408 e. The van der Waals surface area contributed by atoms with Crippen LogP contribution in [0, 0.1) is 11.7 Å². The summed E-state index contributed by atoms with van der Waals surface area (Å²) in [6, 6.07) is 6.26. The Labute approximate surface area is 211 Å². The number of nitrogens with zero attached hydrogens (tertiary/aromatic N) is 2. The van der Waals surface area contributed by atoms with Crippen molar-refractivity contribution < 1.29 is 38.8 Å². The van der Waals surface area contributed by atoms with Gasteiger partial charge in [0.2, 0.25) is 0 Å². The van der Waals surface area contributed by atoms with Gasteiger partial charge in [0, 0.05) is 17.5 Å². The number of rotatable bonds is 7. The molecule has 36 heavy (non-hydrogen) atoms. The molecule has 0 spiro atoms. The highest BCUT2D eigenvalue weighted by Crippen LogP contribution is 2.31. The molecule has 2 bridgehead atoms. The molecule has 2 atom stereocenters. The number of carbonyl (C=O) groups excluding carboxylic acids is 1. The number of aliphatic carboxylic acids is 2. The minimum absolute atomic E-state index is 0.0199. The number of aliphatic hydroxyl groups is 1. The van der Waals surface area contributed by atoms with Gasteiger partial charge in [-0.2, -0.15) is 0 Å². The number of ether oxygens (including phenoxy) is 1. The molecule has 12 heteroatoms. The van der Waals surface area contributed by atoms with Crippen LogP contribution in [0.1, 0.15) is 38.8 Å². The number of carboxylic acid groups (broad SMARTS) is 2. The van der Waals surface area contributed by atoms with Crippen molar-refractivity contribution in [2.75, 3.05) is 19.6 Å². The van der Waals surface area contributed by atoms with Crippen LogP contribution in [-0.2, 0) is 19.9 Å². The van der Waals surface area contributed by atoms with Gasteiger partial charge in [0.25, 0.3) is 0 Å². The standard InChI is InChI=1S/C20H24FN3O2S.C4H6O5/c1-20(2,17-12-27-18(22-17)14-3-5-15(21)6-4-14)23-19(25)26-16-11-24-9-7-13(16)8-10-24;5-2(4(8)9)1-3(6)7/h3-6,12-13,16H,7-11H2,1-2H3,(H,23,25);2,5H,1H2,(H,6,7)(H,8,9)/t16-;2-/m10/s1. The second-order valence-electron chi connectivity index (χ2n) is 9.33. The van der Waals surface area contributed by atoms with E-state index in [1.807, 2.05) is 19.2 Å². The second kappa shape index (κ2) is 11.8. The summed E-state index contributed by atoms with van der Waals surface area (Å²) in [5.74, 6) is -2.64. The second-order valence-corrected chi connectivity index (χ2v) is 10.2. The highest BCUT2D eigenvalue weighted by atomic mass is 32.1. The van der Waals surface area contributed by atoms with Crippen LogP contribution in [0.4, 0.5) is 9.18 Å². The van der Waals surface area contributed by atoms with E-state index in [-0.39, 0.29) is 11.9 Å². The molecule has 196 valence electrons. The molecule has 10 nitrogen and oxygen atoms in total. The van der Waals surface area contributed by atoms with E-state index in [9.17, 15) is 18.8 Å². The number of aliphatic hydroxyl groups excluding tert-OH is 1. The van der Waals surface area contributed by atoms with E-state index in [0.29, 0.717) is 5.92 Å². The number of alkyl carbamates (subject to hydrolysis) is 1. The van der Waals surface area contributed by atoms with Crippen LogP contribution in [0.2, 0.25) is 0 Å². The maximum absolute atomic E-state index is 13.1. The highest BCUT2D eigenvalue weighted by Gasteiger charge is 2.37. The Balaban J connectivity index is 0.000000345. The van der Waals surface area contributed by atoms with Crippen LogP contribution < -0.4 is 5.32 Å². The summed E-state index contributed by atoms with van der Waals surface area (Å²) in [4.78, 5) is 38.9. The van der Waals surface area contributed by atoms with Crippen molar-refractivity contribution in [1.29, 1.82) is 0 Å². The molecule has 1 aromatic heterocycles. The van der Waals surface area contributed by atoms with Crippen LogP contribution in [-0.4, -0.2) is 75.1 Å². The van der Waals surface area contributed by atoms with E-state index < -0.39 is 36.1 Å². The molecule has 0 saturated carbocycles. The number of benzene rings is 1. The molecule has 3 fully saturated rings. The monoisotopic (exact) mass is 523 g/mol. The van der Waals surface area contributed by atoms with Crippen molar-refractivity contribution in [3.05, 3.63) is 41.2 Å². The first kappa shape index (κ1) is 27.5. The first-order chi connectivity index (χ1) is 16.9. The molecule has 5 rings (SSSR count). The minimum Gasteiger partial charge on any atom is -0.481 e. The third-order valence-corrected chi connectivity index (χ3v) is 7.05. The fourth-order valence-electron chi connectivity index (χ4n) is 4.07. The van der Waals surface area contributed by atoms with Crippen LogP contribution in [0.15, 0.2) is 29.6 Å². The van der Waals surface area contributed by atoms with Gasteiger partial charge in [-0.25, -0.2) is 19.0 Å². The van der Waals surface area contributed by atoms with Crippen LogP contribution in [0.3, 0.4) is 0 Å². The van der Waals surface area contributed by atoms with Gasteiger partial charge in [0.1, 0.15) is 16.9 Å². The van der Waals surface area contributed by atoms with Gasteiger partial charge in [0.15, 0.2) is 6.10 Å². The molecule has 3 saturated heterocycles. The third kappa shape index (κ3) is 7.45. The SMILES string of the molecule is CC(C)(NC(=O)O[C@@H]1CN2CCC1CC2)c1csc(-c2ccc(F)cc2)n1.O=C(O)C[C@H](O)C(=O)O. The number of fused-ring (bicyclic) bond motifs is 3. The summed E-state index contributed by atoms with van der Waals surface area (Å²) < 4.78 is 18.8. The summed E-state index contributed by atoms with van der Waals surface area (Å²) >= 11 is 1.48. The summed E-state index contributed by atoms with van der Waals surface area (Å²) in [7, 11) is 0. The molecular formula is C24H30FN3O7S. The van der Waals surface area contributed by atoms with Gasteiger partial charge < -0.3 is 25.4 Å². The number of thiazole rings is 1.